The van der Waals surface area contributed by atoms with E-state index in [0.29, 0.717) is 18.4 Å². The number of piperidine rings is 1. The summed E-state index contributed by atoms with van der Waals surface area (Å²) in [7, 11) is 2.11. The Morgan fingerprint density at radius 2 is 1.78 bits per heavy atom. The van der Waals surface area contributed by atoms with Crippen molar-refractivity contribution in [1.82, 2.24) is 9.80 Å². The molecule has 2 heterocycles. The van der Waals surface area contributed by atoms with E-state index in [4.69, 9.17) is 4.74 Å². The van der Waals surface area contributed by atoms with Crippen molar-refractivity contribution in [3.8, 4) is 0 Å². The monoisotopic (exact) mass is 366 g/mol. The van der Waals surface area contributed by atoms with Crippen molar-refractivity contribution < 1.29 is 13.9 Å². The summed E-state index contributed by atoms with van der Waals surface area (Å²) in [5.74, 6) is 0.701. The van der Waals surface area contributed by atoms with Crippen molar-refractivity contribution in [3.05, 3.63) is 71.0 Å². The number of carbonyl (C=O) groups excluding carboxylic acids is 1. The van der Waals surface area contributed by atoms with Gasteiger partial charge in [0, 0.05) is 31.5 Å². The Morgan fingerprint density at radius 1 is 1.07 bits per heavy atom. The minimum atomic E-state index is -0.271. The lowest BCUT2D eigenvalue weighted by Crippen LogP contribution is -2.41. The average Bonchev–Trinajstić information content (AvgIpc) is 3.12. The number of hydrogen-bond acceptors (Lipinski definition) is 3. The van der Waals surface area contributed by atoms with Crippen LogP contribution in [0.1, 0.15) is 22.7 Å². The highest BCUT2D eigenvalue weighted by Gasteiger charge is 2.58. The van der Waals surface area contributed by atoms with E-state index in [1.165, 1.54) is 17.7 Å². The standard InChI is InChI=1S/C22H23FN2O2/c1-24-12-18-19(13-24)21(18)27-22(26)25-11-10-14-4-2-3-5-17(14)20(25)15-6-8-16(23)9-7-15/h2-9,18-21H,10-13H2,1H3/t18-,19?,20-,21+/m0/s1. The predicted octanol–water partition coefficient (Wildman–Crippen LogP) is 3.47. The molecule has 2 aromatic rings. The maximum absolute atomic E-state index is 13.4. The largest absolute Gasteiger partial charge is 0.445 e. The number of benzene rings is 2. The predicted molar refractivity (Wildman–Crippen MR) is 99.8 cm³/mol. The van der Waals surface area contributed by atoms with Crippen molar-refractivity contribution in [1.29, 1.82) is 0 Å². The van der Waals surface area contributed by atoms with Crippen LogP contribution in [0.3, 0.4) is 0 Å². The molecule has 1 saturated heterocycles. The van der Waals surface area contributed by atoms with Crippen LogP contribution in [0, 0.1) is 17.7 Å². The molecule has 0 radical (unpaired) electrons. The molecule has 1 saturated carbocycles. The van der Waals surface area contributed by atoms with Crippen LogP contribution in [-0.2, 0) is 11.2 Å². The number of rotatable bonds is 2. The van der Waals surface area contributed by atoms with Gasteiger partial charge in [-0.05, 0) is 42.3 Å². The second kappa shape index (κ2) is 6.34. The molecule has 0 bridgehead atoms. The van der Waals surface area contributed by atoms with Gasteiger partial charge in [-0.1, -0.05) is 36.4 Å². The molecular weight excluding hydrogens is 343 g/mol. The Hall–Kier alpha value is -2.40. The van der Waals surface area contributed by atoms with E-state index in [-0.39, 0.29) is 24.1 Å². The number of likely N-dealkylation sites (tertiary alicyclic amines) is 1. The van der Waals surface area contributed by atoms with Crippen LogP contribution in [0.15, 0.2) is 48.5 Å². The highest BCUT2D eigenvalue weighted by atomic mass is 19.1. The fourth-order valence-corrected chi connectivity index (χ4v) is 4.81. The molecule has 2 fully saturated rings. The smallest absolute Gasteiger partial charge is 0.410 e. The van der Waals surface area contributed by atoms with E-state index in [1.54, 1.807) is 12.1 Å². The van der Waals surface area contributed by atoms with Crippen molar-refractivity contribution in [2.24, 2.45) is 11.8 Å². The summed E-state index contributed by atoms with van der Waals surface area (Å²) in [6, 6.07) is 14.4. The third-order valence-corrected chi connectivity index (χ3v) is 6.24. The fraction of sp³-hybridized carbons (Fsp3) is 0.409. The first-order valence-electron chi connectivity index (χ1n) is 9.61. The van der Waals surface area contributed by atoms with Gasteiger partial charge in [-0.2, -0.15) is 0 Å². The minimum absolute atomic E-state index is 0.0553. The van der Waals surface area contributed by atoms with Crippen LogP contribution in [0.2, 0.25) is 0 Å². The van der Waals surface area contributed by atoms with E-state index in [2.05, 4.69) is 24.1 Å². The molecule has 4 nitrogen and oxygen atoms in total. The fourth-order valence-electron chi connectivity index (χ4n) is 4.81. The van der Waals surface area contributed by atoms with Gasteiger partial charge in [0.2, 0.25) is 0 Å². The number of halogens is 1. The highest BCUT2D eigenvalue weighted by Crippen LogP contribution is 2.48. The second-order valence-corrected chi connectivity index (χ2v) is 7.99. The van der Waals surface area contributed by atoms with Crippen LogP contribution in [0.25, 0.3) is 0 Å². The third kappa shape index (κ3) is 2.90. The lowest BCUT2D eigenvalue weighted by Gasteiger charge is -2.37. The average molecular weight is 366 g/mol. The van der Waals surface area contributed by atoms with Gasteiger partial charge in [0.25, 0.3) is 0 Å². The van der Waals surface area contributed by atoms with Crippen molar-refractivity contribution in [2.45, 2.75) is 18.6 Å². The number of nitrogens with zero attached hydrogens (tertiary/aromatic N) is 2. The molecule has 5 heteroatoms. The van der Waals surface area contributed by atoms with E-state index in [1.807, 2.05) is 17.0 Å². The molecule has 2 aliphatic heterocycles. The molecule has 1 unspecified atom stereocenters. The minimum Gasteiger partial charge on any atom is -0.445 e. The normalized spacial score (nSPS) is 29.2. The Kier molecular flexibility index (Phi) is 3.93. The summed E-state index contributed by atoms with van der Waals surface area (Å²) in [6.45, 7) is 2.62. The SMILES string of the molecule is CN1CC2[C@H](C1)[C@H]2OC(=O)N1CCc2ccccc2[C@@H]1c1ccc(F)cc1. The number of carbonyl (C=O) groups is 1. The van der Waals surface area contributed by atoms with Gasteiger partial charge < -0.3 is 9.64 Å². The first-order valence-corrected chi connectivity index (χ1v) is 9.61. The van der Waals surface area contributed by atoms with Crippen LogP contribution in [0.5, 0.6) is 0 Å². The van der Waals surface area contributed by atoms with E-state index in [0.717, 1.165) is 30.6 Å². The Bertz CT molecular complexity index is 857. The quantitative estimate of drug-likeness (QED) is 0.816. The van der Waals surface area contributed by atoms with E-state index < -0.39 is 0 Å². The summed E-state index contributed by atoms with van der Waals surface area (Å²) in [6.07, 6.45) is 0.615. The van der Waals surface area contributed by atoms with Crippen LogP contribution in [0.4, 0.5) is 9.18 Å². The molecule has 5 rings (SSSR count). The molecule has 1 amide bonds. The highest BCUT2D eigenvalue weighted by molar-refractivity contribution is 5.70. The van der Waals surface area contributed by atoms with E-state index >= 15 is 0 Å². The molecule has 140 valence electrons. The van der Waals surface area contributed by atoms with Gasteiger partial charge >= 0.3 is 6.09 Å². The Labute approximate surface area is 158 Å². The van der Waals surface area contributed by atoms with Gasteiger partial charge in [0.05, 0.1) is 6.04 Å². The van der Waals surface area contributed by atoms with Crippen molar-refractivity contribution in [3.63, 3.8) is 0 Å². The molecule has 0 aromatic heterocycles. The molecule has 27 heavy (non-hydrogen) atoms. The zero-order valence-electron chi connectivity index (χ0n) is 15.3. The second-order valence-electron chi connectivity index (χ2n) is 7.99. The Morgan fingerprint density at radius 3 is 2.52 bits per heavy atom. The molecule has 4 atom stereocenters. The molecule has 0 spiro atoms. The number of fused-ring (bicyclic) bond motifs is 2. The summed E-state index contributed by atoms with van der Waals surface area (Å²) in [5.41, 5.74) is 3.25. The maximum Gasteiger partial charge on any atom is 0.410 e. The van der Waals surface area contributed by atoms with Crippen LogP contribution in [-0.4, -0.2) is 48.7 Å². The number of ether oxygens (including phenoxy) is 1. The molecule has 3 aliphatic rings. The van der Waals surface area contributed by atoms with Gasteiger partial charge in [0.15, 0.2) is 0 Å². The maximum atomic E-state index is 13.4. The summed E-state index contributed by atoms with van der Waals surface area (Å²) in [4.78, 5) is 17.1. The topological polar surface area (TPSA) is 32.8 Å². The lowest BCUT2D eigenvalue weighted by molar-refractivity contribution is 0.0693. The third-order valence-electron chi connectivity index (χ3n) is 6.24. The molecule has 0 N–H and O–H groups in total. The summed E-state index contributed by atoms with van der Waals surface area (Å²) in [5, 5.41) is 0. The Balaban J connectivity index is 1.42. The molecular formula is C22H23FN2O2. The first kappa shape index (κ1) is 16.8. The van der Waals surface area contributed by atoms with Crippen molar-refractivity contribution >= 4 is 6.09 Å². The molecule has 1 aliphatic carbocycles. The lowest BCUT2D eigenvalue weighted by atomic mass is 9.88. The summed E-state index contributed by atoms with van der Waals surface area (Å²) >= 11 is 0. The van der Waals surface area contributed by atoms with Crippen molar-refractivity contribution in [2.75, 3.05) is 26.7 Å². The van der Waals surface area contributed by atoms with Crippen LogP contribution < -0.4 is 0 Å². The van der Waals surface area contributed by atoms with Crippen LogP contribution >= 0.6 is 0 Å². The van der Waals surface area contributed by atoms with Gasteiger partial charge in [-0.25, -0.2) is 9.18 Å². The molecule has 2 aromatic carbocycles. The zero-order valence-corrected chi connectivity index (χ0v) is 15.3. The summed E-state index contributed by atoms with van der Waals surface area (Å²) < 4.78 is 19.3. The number of amides is 1. The number of hydrogen-bond donors (Lipinski definition) is 0. The van der Waals surface area contributed by atoms with E-state index in [9.17, 15) is 9.18 Å². The zero-order chi connectivity index (χ0) is 18.5. The van der Waals surface area contributed by atoms with Gasteiger partial charge in [-0.15, -0.1) is 0 Å². The first-order chi connectivity index (χ1) is 13.1. The van der Waals surface area contributed by atoms with Gasteiger partial charge in [0.1, 0.15) is 11.9 Å². The van der Waals surface area contributed by atoms with Gasteiger partial charge in [-0.3, -0.25) is 4.90 Å².